The fourth-order valence-electron chi connectivity index (χ4n) is 1.57. The fraction of sp³-hybridized carbons (Fsp3) is 0.0769. The van der Waals surface area contributed by atoms with Crippen LogP contribution in [0.4, 0.5) is 5.69 Å². The number of hydrogen-bond donors (Lipinski definition) is 0. The Morgan fingerprint density at radius 3 is 2.71 bits per heavy atom. The molecule has 0 aliphatic rings. The maximum absolute atomic E-state index is 10.6. The molecule has 2 aromatic rings. The summed E-state index contributed by atoms with van der Waals surface area (Å²) in [6.07, 6.45) is 5.74. The topological polar surface area (TPSA) is 48.1 Å². The van der Waals surface area contributed by atoms with Crippen LogP contribution in [0, 0.1) is 10.1 Å². The molecular weight excluding hydrogens is 216 g/mol. The lowest BCUT2D eigenvalue weighted by Crippen LogP contribution is -1.88. The SMILES string of the molecule is Cn1cccc1/C=C/c1cccc([N+](=O)[O-])c1. The molecule has 4 heteroatoms. The molecule has 1 aromatic heterocycles. The minimum absolute atomic E-state index is 0.110. The molecule has 86 valence electrons. The first-order valence-corrected chi connectivity index (χ1v) is 5.21. The number of hydrogen-bond acceptors (Lipinski definition) is 2. The molecule has 0 fully saturated rings. The second kappa shape index (κ2) is 4.65. The highest BCUT2D eigenvalue weighted by Crippen LogP contribution is 2.15. The first-order valence-electron chi connectivity index (χ1n) is 5.21. The molecule has 0 amide bonds. The van der Waals surface area contributed by atoms with Gasteiger partial charge in [0.2, 0.25) is 0 Å². The average Bonchev–Trinajstić information content (AvgIpc) is 2.72. The summed E-state index contributed by atoms with van der Waals surface area (Å²) >= 11 is 0. The minimum atomic E-state index is -0.389. The van der Waals surface area contributed by atoms with Gasteiger partial charge in [-0.25, -0.2) is 0 Å². The van der Waals surface area contributed by atoms with E-state index in [1.807, 2.05) is 48.2 Å². The Balaban J connectivity index is 2.24. The first kappa shape index (κ1) is 11.1. The third-order valence-electron chi connectivity index (χ3n) is 2.51. The van der Waals surface area contributed by atoms with E-state index in [4.69, 9.17) is 0 Å². The Morgan fingerprint density at radius 2 is 2.06 bits per heavy atom. The normalized spacial score (nSPS) is 10.9. The summed E-state index contributed by atoms with van der Waals surface area (Å²) in [5.74, 6) is 0. The van der Waals surface area contributed by atoms with Gasteiger partial charge in [-0.1, -0.05) is 18.2 Å². The van der Waals surface area contributed by atoms with Gasteiger partial charge in [-0.05, 0) is 23.8 Å². The molecule has 1 aromatic carbocycles. The number of nitro groups is 1. The molecular formula is C13H12N2O2. The predicted octanol–water partition coefficient (Wildman–Crippen LogP) is 3.10. The van der Waals surface area contributed by atoms with E-state index in [-0.39, 0.29) is 10.6 Å². The molecule has 0 radical (unpaired) electrons. The largest absolute Gasteiger partial charge is 0.351 e. The minimum Gasteiger partial charge on any atom is -0.351 e. The van der Waals surface area contributed by atoms with E-state index in [0.29, 0.717) is 0 Å². The summed E-state index contributed by atoms with van der Waals surface area (Å²) in [5.41, 5.74) is 1.98. The van der Waals surface area contributed by atoms with Gasteiger partial charge in [0.05, 0.1) is 4.92 Å². The van der Waals surface area contributed by atoms with E-state index in [1.165, 1.54) is 6.07 Å². The summed E-state index contributed by atoms with van der Waals surface area (Å²) in [4.78, 5) is 10.2. The van der Waals surface area contributed by atoms with Gasteiger partial charge in [0.15, 0.2) is 0 Å². The van der Waals surface area contributed by atoms with Gasteiger partial charge < -0.3 is 4.57 Å². The van der Waals surface area contributed by atoms with Gasteiger partial charge in [-0.15, -0.1) is 0 Å². The molecule has 0 bridgehead atoms. The Bertz CT molecular complexity index is 570. The van der Waals surface area contributed by atoms with Crippen LogP contribution in [0.15, 0.2) is 42.6 Å². The summed E-state index contributed by atoms with van der Waals surface area (Å²) < 4.78 is 1.98. The van der Waals surface area contributed by atoms with Crippen molar-refractivity contribution in [3.8, 4) is 0 Å². The molecule has 0 saturated carbocycles. The van der Waals surface area contributed by atoms with Crippen LogP contribution < -0.4 is 0 Å². The van der Waals surface area contributed by atoms with Crippen LogP contribution in [-0.2, 0) is 7.05 Å². The number of rotatable bonds is 3. The molecule has 0 unspecified atom stereocenters. The molecule has 2 rings (SSSR count). The molecule has 0 aliphatic carbocycles. The zero-order valence-corrected chi connectivity index (χ0v) is 9.41. The van der Waals surface area contributed by atoms with Crippen molar-refractivity contribution in [2.75, 3.05) is 0 Å². The summed E-state index contributed by atoms with van der Waals surface area (Å²) in [7, 11) is 1.95. The zero-order valence-electron chi connectivity index (χ0n) is 9.41. The van der Waals surface area contributed by atoms with Crippen molar-refractivity contribution < 1.29 is 4.92 Å². The van der Waals surface area contributed by atoms with Crippen molar-refractivity contribution in [2.45, 2.75) is 0 Å². The lowest BCUT2D eigenvalue weighted by Gasteiger charge is -1.96. The molecule has 0 atom stereocenters. The molecule has 0 N–H and O–H groups in total. The summed E-state index contributed by atoms with van der Waals surface area (Å²) in [6.45, 7) is 0. The molecule has 0 spiro atoms. The van der Waals surface area contributed by atoms with E-state index in [0.717, 1.165) is 11.3 Å². The van der Waals surface area contributed by atoms with E-state index >= 15 is 0 Å². The van der Waals surface area contributed by atoms with Crippen LogP contribution in [0.2, 0.25) is 0 Å². The molecule has 0 aliphatic heterocycles. The van der Waals surface area contributed by atoms with Crippen LogP contribution in [0.5, 0.6) is 0 Å². The van der Waals surface area contributed by atoms with Gasteiger partial charge in [0, 0.05) is 31.1 Å². The van der Waals surface area contributed by atoms with Crippen molar-refractivity contribution in [2.24, 2.45) is 7.05 Å². The van der Waals surface area contributed by atoms with Crippen LogP contribution in [0.3, 0.4) is 0 Å². The van der Waals surface area contributed by atoms with Crippen LogP contribution in [-0.4, -0.2) is 9.49 Å². The van der Waals surface area contributed by atoms with Crippen LogP contribution in [0.25, 0.3) is 12.2 Å². The smallest absolute Gasteiger partial charge is 0.270 e. The number of nitro benzene ring substituents is 1. The number of non-ortho nitro benzene ring substituents is 1. The van der Waals surface area contributed by atoms with Gasteiger partial charge in [-0.3, -0.25) is 10.1 Å². The second-order valence-electron chi connectivity index (χ2n) is 3.73. The number of nitrogens with zero attached hydrogens (tertiary/aromatic N) is 2. The molecule has 1 heterocycles. The standard InChI is InChI=1S/C13H12N2O2/c1-14-9-3-6-12(14)8-7-11-4-2-5-13(10-11)15(16)17/h2-10H,1H3/b8-7+. The Labute approximate surface area is 99.0 Å². The Kier molecular flexibility index (Phi) is 3.05. The Hall–Kier alpha value is -2.36. The maximum Gasteiger partial charge on any atom is 0.270 e. The quantitative estimate of drug-likeness (QED) is 0.598. The Morgan fingerprint density at radius 1 is 1.24 bits per heavy atom. The van der Waals surface area contributed by atoms with Crippen molar-refractivity contribution in [3.05, 3.63) is 64.0 Å². The fourth-order valence-corrected chi connectivity index (χ4v) is 1.57. The van der Waals surface area contributed by atoms with Gasteiger partial charge in [0.25, 0.3) is 5.69 Å². The van der Waals surface area contributed by atoms with Crippen LogP contribution in [0.1, 0.15) is 11.3 Å². The number of benzene rings is 1. The van der Waals surface area contributed by atoms with Gasteiger partial charge in [0.1, 0.15) is 0 Å². The summed E-state index contributed by atoms with van der Waals surface area (Å²) in [6, 6.07) is 10.5. The predicted molar refractivity (Wildman–Crippen MR) is 67.4 cm³/mol. The molecule has 0 saturated heterocycles. The van der Waals surface area contributed by atoms with E-state index in [2.05, 4.69) is 0 Å². The van der Waals surface area contributed by atoms with Gasteiger partial charge >= 0.3 is 0 Å². The number of aryl methyl sites for hydroxylation is 1. The monoisotopic (exact) mass is 228 g/mol. The van der Waals surface area contributed by atoms with Crippen LogP contribution >= 0.6 is 0 Å². The first-order chi connectivity index (χ1) is 8.16. The lowest BCUT2D eigenvalue weighted by molar-refractivity contribution is -0.384. The van der Waals surface area contributed by atoms with E-state index in [9.17, 15) is 10.1 Å². The lowest BCUT2D eigenvalue weighted by atomic mass is 10.2. The molecule has 17 heavy (non-hydrogen) atoms. The van der Waals surface area contributed by atoms with Crippen molar-refractivity contribution >= 4 is 17.8 Å². The molecule has 4 nitrogen and oxygen atoms in total. The highest BCUT2D eigenvalue weighted by Gasteiger charge is 2.03. The van der Waals surface area contributed by atoms with Crippen molar-refractivity contribution in [1.29, 1.82) is 0 Å². The average molecular weight is 228 g/mol. The summed E-state index contributed by atoms with van der Waals surface area (Å²) in [5, 5.41) is 10.6. The van der Waals surface area contributed by atoms with Crippen molar-refractivity contribution in [3.63, 3.8) is 0 Å². The number of aromatic nitrogens is 1. The highest BCUT2D eigenvalue weighted by molar-refractivity contribution is 5.69. The third kappa shape index (κ3) is 2.60. The second-order valence-corrected chi connectivity index (χ2v) is 3.73. The van der Waals surface area contributed by atoms with E-state index < -0.39 is 0 Å². The van der Waals surface area contributed by atoms with E-state index in [1.54, 1.807) is 12.1 Å². The van der Waals surface area contributed by atoms with Crippen molar-refractivity contribution in [1.82, 2.24) is 4.57 Å². The third-order valence-corrected chi connectivity index (χ3v) is 2.51. The maximum atomic E-state index is 10.6. The van der Waals surface area contributed by atoms with Gasteiger partial charge in [-0.2, -0.15) is 0 Å². The highest BCUT2D eigenvalue weighted by atomic mass is 16.6. The zero-order chi connectivity index (χ0) is 12.3.